The van der Waals surface area contributed by atoms with E-state index >= 15 is 0 Å². The lowest BCUT2D eigenvalue weighted by molar-refractivity contribution is 0.155. The number of fused-ring (bicyclic) bond motifs is 1. The highest BCUT2D eigenvalue weighted by molar-refractivity contribution is 5.84. The van der Waals surface area contributed by atoms with Crippen molar-refractivity contribution in [2.24, 2.45) is 0 Å². The van der Waals surface area contributed by atoms with Crippen molar-refractivity contribution >= 4 is 17.5 Å². The van der Waals surface area contributed by atoms with E-state index in [1.54, 1.807) is 10.6 Å². The number of halogens is 1. The maximum atomic E-state index is 14.9. The fourth-order valence-electron chi connectivity index (χ4n) is 3.68. The summed E-state index contributed by atoms with van der Waals surface area (Å²) in [4.78, 5) is 12.0. The molecule has 0 radical (unpaired) electrons. The maximum Gasteiger partial charge on any atom is 0.411 e. The first-order valence-corrected chi connectivity index (χ1v) is 9.28. The number of aromatic nitrogens is 1. The van der Waals surface area contributed by atoms with Gasteiger partial charge in [0.25, 0.3) is 0 Å². The quantitative estimate of drug-likeness (QED) is 0.694. The predicted octanol–water partition coefficient (Wildman–Crippen LogP) is 4.31. The van der Waals surface area contributed by atoms with Crippen LogP contribution in [0.5, 0.6) is 0 Å². The number of nitrogens with one attached hydrogen (secondary N) is 1. The van der Waals surface area contributed by atoms with E-state index in [4.69, 9.17) is 10.5 Å². The monoisotopic (exact) mass is 390 g/mol. The summed E-state index contributed by atoms with van der Waals surface area (Å²) in [6.45, 7) is 0.119. The van der Waals surface area contributed by atoms with Gasteiger partial charge in [-0.15, -0.1) is 0 Å². The van der Waals surface area contributed by atoms with Crippen molar-refractivity contribution in [3.63, 3.8) is 0 Å². The Morgan fingerprint density at radius 2 is 2.03 bits per heavy atom. The van der Waals surface area contributed by atoms with Crippen molar-refractivity contribution in [1.82, 2.24) is 4.57 Å². The van der Waals surface area contributed by atoms with Crippen LogP contribution in [0, 0.1) is 17.1 Å². The molecule has 0 atom stereocenters. The Labute approximate surface area is 167 Å². The number of carbonyl (C=O) groups is 1. The van der Waals surface area contributed by atoms with Crippen LogP contribution in [0.2, 0.25) is 0 Å². The Hall–Kier alpha value is -3.79. The highest BCUT2D eigenvalue weighted by atomic mass is 19.1. The van der Waals surface area contributed by atoms with Crippen molar-refractivity contribution < 1.29 is 13.9 Å². The van der Waals surface area contributed by atoms with E-state index in [0.717, 1.165) is 36.1 Å². The van der Waals surface area contributed by atoms with Gasteiger partial charge in [0.05, 0.1) is 11.4 Å². The van der Waals surface area contributed by atoms with Gasteiger partial charge in [0.2, 0.25) is 0 Å². The van der Waals surface area contributed by atoms with Gasteiger partial charge in [0.15, 0.2) is 0 Å². The number of nitrogen functional groups attached to an aromatic ring is 1. The molecule has 0 unspecified atom stereocenters. The summed E-state index contributed by atoms with van der Waals surface area (Å²) >= 11 is 0. The molecule has 0 saturated carbocycles. The number of nitrogens with zero attached hydrogens (tertiary/aromatic N) is 2. The number of nitriles is 1. The van der Waals surface area contributed by atoms with Crippen molar-refractivity contribution in [3.05, 3.63) is 76.9 Å². The van der Waals surface area contributed by atoms with Crippen molar-refractivity contribution in [3.8, 4) is 11.8 Å². The van der Waals surface area contributed by atoms with E-state index in [0.29, 0.717) is 5.69 Å². The van der Waals surface area contributed by atoms with E-state index in [-0.39, 0.29) is 23.7 Å². The Morgan fingerprint density at radius 3 is 2.76 bits per heavy atom. The summed E-state index contributed by atoms with van der Waals surface area (Å²) in [5.74, 6) is -0.563. The van der Waals surface area contributed by atoms with Crippen molar-refractivity contribution in [2.75, 3.05) is 11.1 Å². The van der Waals surface area contributed by atoms with E-state index in [9.17, 15) is 14.4 Å². The van der Waals surface area contributed by atoms with Gasteiger partial charge in [-0.1, -0.05) is 30.3 Å². The molecule has 0 spiro atoms. The normalized spacial score (nSPS) is 12.3. The summed E-state index contributed by atoms with van der Waals surface area (Å²) < 4.78 is 21.6. The number of anilines is 2. The molecule has 146 valence electrons. The molecule has 0 saturated heterocycles. The molecule has 1 aliphatic rings. The highest BCUT2D eigenvalue weighted by Crippen LogP contribution is 2.36. The third-order valence-corrected chi connectivity index (χ3v) is 5.02. The van der Waals surface area contributed by atoms with Crippen LogP contribution < -0.4 is 11.1 Å². The van der Waals surface area contributed by atoms with Crippen LogP contribution in [0.25, 0.3) is 5.69 Å². The minimum absolute atomic E-state index is 0.119. The molecular formula is C22H19FN4O2. The number of benzene rings is 2. The zero-order valence-corrected chi connectivity index (χ0v) is 15.6. The third-order valence-electron chi connectivity index (χ3n) is 5.02. The average molecular weight is 390 g/mol. The number of amides is 1. The van der Waals surface area contributed by atoms with Gasteiger partial charge in [-0.3, -0.25) is 5.32 Å². The van der Waals surface area contributed by atoms with E-state index < -0.39 is 11.9 Å². The standard InChI is InChI=1S/C22H19FN4O2/c23-17-11-15(26-22(28)29-13-14-5-2-1-3-6-14)9-10-19(17)27-18-8-4-7-16(18)21(25)20(27)12-24/h1-3,5-6,9-11H,4,7-8,13,25H2,(H,26,28). The van der Waals surface area contributed by atoms with Gasteiger partial charge in [-0.2, -0.15) is 5.26 Å². The van der Waals surface area contributed by atoms with Crippen LogP contribution in [0.15, 0.2) is 48.5 Å². The molecule has 29 heavy (non-hydrogen) atoms. The molecule has 0 bridgehead atoms. The lowest BCUT2D eigenvalue weighted by atomic mass is 10.2. The van der Waals surface area contributed by atoms with Crippen LogP contribution >= 0.6 is 0 Å². The highest BCUT2D eigenvalue weighted by Gasteiger charge is 2.26. The van der Waals surface area contributed by atoms with Gasteiger partial charge in [0, 0.05) is 11.4 Å². The number of carbonyl (C=O) groups excluding carboxylic acids is 1. The molecule has 0 fully saturated rings. The molecule has 6 nitrogen and oxygen atoms in total. The fraction of sp³-hybridized carbons (Fsp3) is 0.182. The molecule has 0 aliphatic heterocycles. The molecular weight excluding hydrogens is 371 g/mol. The molecule has 1 heterocycles. The maximum absolute atomic E-state index is 14.9. The van der Waals surface area contributed by atoms with Gasteiger partial charge in [-0.25, -0.2) is 9.18 Å². The summed E-state index contributed by atoms with van der Waals surface area (Å²) in [6.07, 6.45) is 1.78. The molecule has 3 N–H and O–H groups in total. The molecule has 2 aromatic carbocycles. The SMILES string of the molecule is N#Cc1c(N)c2c(n1-c1ccc(NC(=O)OCc3ccccc3)cc1F)CCC2. The second kappa shape index (κ2) is 7.68. The molecule has 1 aromatic heterocycles. The fourth-order valence-corrected chi connectivity index (χ4v) is 3.68. The number of rotatable bonds is 4. The Balaban J connectivity index is 1.53. The average Bonchev–Trinajstić information content (AvgIpc) is 3.29. The second-order valence-electron chi connectivity index (χ2n) is 6.84. The van der Waals surface area contributed by atoms with E-state index in [2.05, 4.69) is 11.4 Å². The van der Waals surface area contributed by atoms with Gasteiger partial charge in [-0.05, 0) is 48.6 Å². The molecule has 3 aromatic rings. The molecule has 4 rings (SSSR count). The van der Waals surface area contributed by atoms with Crippen LogP contribution in [0.1, 0.15) is 28.9 Å². The predicted molar refractivity (Wildman–Crippen MR) is 107 cm³/mol. The largest absolute Gasteiger partial charge is 0.444 e. The molecule has 1 amide bonds. The number of hydrogen-bond acceptors (Lipinski definition) is 4. The first-order chi connectivity index (χ1) is 14.1. The Kier molecular flexibility index (Phi) is 4.92. The summed E-state index contributed by atoms with van der Waals surface area (Å²) in [5.41, 5.74) is 9.91. The van der Waals surface area contributed by atoms with Crippen LogP contribution in [0.3, 0.4) is 0 Å². The van der Waals surface area contributed by atoms with E-state index in [1.807, 2.05) is 30.3 Å². The number of ether oxygens (including phenoxy) is 1. The zero-order valence-electron chi connectivity index (χ0n) is 15.6. The van der Waals surface area contributed by atoms with Crippen molar-refractivity contribution in [1.29, 1.82) is 5.26 Å². The number of hydrogen-bond donors (Lipinski definition) is 2. The summed E-state index contributed by atoms with van der Waals surface area (Å²) in [6, 6.07) is 15.6. The minimum Gasteiger partial charge on any atom is -0.444 e. The summed E-state index contributed by atoms with van der Waals surface area (Å²) in [5, 5.41) is 12.0. The Bertz CT molecular complexity index is 1120. The lowest BCUT2D eigenvalue weighted by Crippen LogP contribution is -2.14. The van der Waals surface area contributed by atoms with Crippen LogP contribution in [-0.2, 0) is 24.2 Å². The smallest absolute Gasteiger partial charge is 0.411 e. The second-order valence-corrected chi connectivity index (χ2v) is 6.84. The summed E-state index contributed by atoms with van der Waals surface area (Å²) in [7, 11) is 0. The zero-order chi connectivity index (χ0) is 20.4. The van der Waals surface area contributed by atoms with Gasteiger partial charge in [0.1, 0.15) is 24.2 Å². The van der Waals surface area contributed by atoms with Gasteiger partial charge >= 0.3 is 6.09 Å². The van der Waals surface area contributed by atoms with E-state index in [1.165, 1.54) is 12.1 Å². The molecule has 7 heteroatoms. The van der Waals surface area contributed by atoms with Crippen LogP contribution in [0.4, 0.5) is 20.6 Å². The third kappa shape index (κ3) is 3.52. The number of nitrogens with two attached hydrogens (primary N) is 1. The first kappa shape index (κ1) is 18.6. The minimum atomic E-state index is -0.676. The topological polar surface area (TPSA) is 93.1 Å². The van der Waals surface area contributed by atoms with Crippen LogP contribution in [-0.4, -0.2) is 10.7 Å². The Morgan fingerprint density at radius 1 is 1.24 bits per heavy atom. The molecule has 1 aliphatic carbocycles. The first-order valence-electron chi connectivity index (χ1n) is 9.28. The van der Waals surface area contributed by atoms with Gasteiger partial charge < -0.3 is 15.0 Å². The lowest BCUT2D eigenvalue weighted by Gasteiger charge is -2.12. The van der Waals surface area contributed by atoms with Crippen molar-refractivity contribution in [2.45, 2.75) is 25.9 Å².